The van der Waals surface area contributed by atoms with Crippen molar-refractivity contribution in [2.75, 3.05) is 27.2 Å². The van der Waals surface area contributed by atoms with Crippen molar-refractivity contribution >= 4 is 11.9 Å². The molecule has 1 amide bonds. The summed E-state index contributed by atoms with van der Waals surface area (Å²) in [6.07, 6.45) is 0. The van der Waals surface area contributed by atoms with Crippen molar-refractivity contribution in [3.05, 3.63) is 29.8 Å². The maximum atomic E-state index is 11.9. The molecule has 0 bridgehead atoms. The second kappa shape index (κ2) is 9.15. The molecular formula is C18H30N4O2. The molecule has 6 heteroatoms. The van der Waals surface area contributed by atoms with E-state index < -0.39 is 0 Å². The van der Waals surface area contributed by atoms with Crippen LogP contribution >= 0.6 is 0 Å². The molecule has 2 N–H and O–H groups in total. The second-order valence-corrected chi connectivity index (χ2v) is 6.63. The van der Waals surface area contributed by atoms with Gasteiger partial charge in [-0.2, -0.15) is 0 Å². The SMILES string of the molecule is CCOc1ccc(CN(C)C(=NC)NCC(=O)NC(C)(C)C)cc1. The third-order valence-electron chi connectivity index (χ3n) is 3.15. The van der Waals surface area contributed by atoms with Gasteiger partial charge in [0.25, 0.3) is 0 Å². The molecule has 0 saturated heterocycles. The highest BCUT2D eigenvalue weighted by Gasteiger charge is 2.14. The largest absolute Gasteiger partial charge is 0.494 e. The Bertz CT molecular complexity index is 547. The van der Waals surface area contributed by atoms with Gasteiger partial charge in [0.15, 0.2) is 5.96 Å². The van der Waals surface area contributed by atoms with Crippen LogP contribution in [0.3, 0.4) is 0 Å². The molecule has 0 aliphatic heterocycles. The molecule has 1 aromatic carbocycles. The number of hydrogen-bond acceptors (Lipinski definition) is 3. The molecule has 0 saturated carbocycles. The minimum Gasteiger partial charge on any atom is -0.494 e. The normalized spacial score (nSPS) is 11.8. The van der Waals surface area contributed by atoms with Crippen LogP contribution in [0.5, 0.6) is 5.75 Å². The van der Waals surface area contributed by atoms with E-state index >= 15 is 0 Å². The van der Waals surface area contributed by atoms with Gasteiger partial charge in [0, 0.05) is 26.2 Å². The lowest BCUT2D eigenvalue weighted by Crippen LogP contribution is -2.48. The summed E-state index contributed by atoms with van der Waals surface area (Å²) in [5, 5.41) is 6.00. The van der Waals surface area contributed by atoms with Gasteiger partial charge in [-0.3, -0.25) is 9.79 Å². The van der Waals surface area contributed by atoms with Gasteiger partial charge in [-0.05, 0) is 45.4 Å². The van der Waals surface area contributed by atoms with Crippen molar-refractivity contribution in [3.63, 3.8) is 0 Å². The Morgan fingerprint density at radius 2 is 1.88 bits per heavy atom. The van der Waals surface area contributed by atoms with Crippen molar-refractivity contribution in [2.24, 2.45) is 4.99 Å². The fraction of sp³-hybridized carbons (Fsp3) is 0.556. The smallest absolute Gasteiger partial charge is 0.239 e. The first-order valence-corrected chi connectivity index (χ1v) is 8.19. The Morgan fingerprint density at radius 1 is 1.25 bits per heavy atom. The van der Waals surface area contributed by atoms with Crippen LogP contribution in [0.15, 0.2) is 29.3 Å². The molecule has 0 heterocycles. The summed E-state index contributed by atoms with van der Waals surface area (Å²) < 4.78 is 5.44. The van der Waals surface area contributed by atoms with Gasteiger partial charge >= 0.3 is 0 Å². The Morgan fingerprint density at radius 3 is 2.38 bits per heavy atom. The maximum absolute atomic E-state index is 11.9. The van der Waals surface area contributed by atoms with E-state index in [0.29, 0.717) is 19.1 Å². The molecule has 1 rings (SSSR count). The van der Waals surface area contributed by atoms with Crippen LogP contribution in [-0.2, 0) is 11.3 Å². The van der Waals surface area contributed by atoms with E-state index in [2.05, 4.69) is 15.6 Å². The van der Waals surface area contributed by atoms with Crippen LogP contribution in [0.2, 0.25) is 0 Å². The average Bonchev–Trinajstić information content (AvgIpc) is 2.48. The van der Waals surface area contributed by atoms with Crippen LogP contribution in [0, 0.1) is 0 Å². The van der Waals surface area contributed by atoms with Crippen LogP contribution in [0.1, 0.15) is 33.3 Å². The van der Waals surface area contributed by atoms with Gasteiger partial charge in [0.2, 0.25) is 5.91 Å². The van der Waals surface area contributed by atoms with Crippen molar-refractivity contribution in [1.82, 2.24) is 15.5 Å². The summed E-state index contributed by atoms with van der Waals surface area (Å²) in [4.78, 5) is 18.1. The van der Waals surface area contributed by atoms with Gasteiger partial charge in [0.1, 0.15) is 5.75 Å². The summed E-state index contributed by atoms with van der Waals surface area (Å²) in [7, 11) is 3.64. The van der Waals surface area contributed by atoms with Crippen molar-refractivity contribution < 1.29 is 9.53 Å². The van der Waals surface area contributed by atoms with Crippen LogP contribution in [0.4, 0.5) is 0 Å². The first-order valence-electron chi connectivity index (χ1n) is 8.19. The molecule has 24 heavy (non-hydrogen) atoms. The lowest BCUT2D eigenvalue weighted by atomic mass is 10.1. The molecule has 0 unspecified atom stereocenters. The molecule has 1 aromatic rings. The number of aliphatic imine (C=N–C) groups is 1. The predicted octanol–water partition coefficient (Wildman–Crippen LogP) is 2.01. The average molecular weight is 334 g/mol. The molecule has 0 atom stereocenters. The topological polar surface area (TPSA) is 66.0 Å². The van der Waals surface area contributed by atoms with Gasteiger partial charge in [-0.1, -0.05) is 12.1 Å². The van der Waals surface area contributed by atoms with E-state index in [1.165, 1.54) is 0 Å². The molecule has 0 spiro atoms. The lowest BCUT2D eigenvalue weighted by molar-refractivity contribution is -0.121. The highest BCUT2D eigenvalue weighted by atomic mass is 16.5. The lowest BCUT2D eigenvalue weighted by Gasteiger charge is -2.24. The standard InChI is InChI=1S/C18H30N4O2/c1-7-24-15-10-8-14(9-11-15)13-22(6)17(19-5)20-12-16(23)21-18(2,3)4/h8-11H,7,12-13H2,1-6H3,(H,19,20)(H,21,23). The number of hydrogen-bond donors (Lipinski definition) is 2. The van der Waals surface area contributed by atoms with Gasteiger partial charge < -0.3 is 20.3 Å². The van der Waals surface area contributed by atoms with Gasteiger partial charge in [0.05, 0.1) is 13.2 Å². The van der Waals surface area contributed by atoms with Crippen LogP contribution in [0.25, 0.3) is 0 Å². The summed E-state index contributed by atoms with van der Waals surface area (Å²) in [6, 6.07) is 7.97. The quantitative estimate of drug-likeness (QED) is 0.617. The minimum absolute atomic E-state index is 0.0573. The highest BCUT2D eigenvalue weighted by Crippen LogP contribution is 2.13. The molecular weight excluding hydrogens is 304 g/mol. The molecule has 0 aromatic heterocycles. The summed E-state index contributed by atoms with van der Waals surface area (Å²) in [5.74, 6) is 1.48. The van der Waals surface area contributed by atoms with Gasteiger partial charge in [-0.15, -0.1) is 0 Å². The van der Waals surface area contributed by atoms with E-state index in [-0.39, 0.29) is 18.0 Å². The van der Waals surface area contributed by atoms with E-state index in [1.807, 2.05) is 63.9 Å². The van der Waals surface area contributed by atoms with Crippen molar-refractivity contribution in [1.29, 1.82) is 0 Å². The molecule has 134 valence electrons. The van der Waals surface area contributed by atoms with Crippen LogP contribution in [-0.4, -0.2) is 49.6 Å². The zero-order chi connectivity index (χ0) is 18.2. The first-order chi connectivity index (χ1) is 11.2. The zero-order valence-electron chi connectivity index (χ0n) is 15.6. The number of carbonyl (C=O) groups excluding carboxylic acids is 1. The molecule has 0 radical (unpaired) electrons. The van der Waals surface area contributed by atoms with Crippen molar-refractivity contribution in [2.45, 2.75) is 39.8 Å². The number of amides is 1. The van der Waals surface area contributed by atoms with E-state index in [0.717, 1.165) is 11.3 Å². The predicted molar refractivity (Wildman–Crippen MR) is 98.3 cm³/mol. The number of rotatable bonds is 6. The van der Waals surface area contributed by atoms with E-state index in [9.17, 15) is 4.79 Å². The highest BCUT2D eigenvalue weighted by molar-refractivity contribution is 5.86. The summed E-state index contributed by atoms with van der Waals surface area (Å²) in [5.41, 5.74) is 0.902. The van der Waals surface area contributed by atoms with E-state index in [4.69, 9.17) is 4.74 Å². The minimum atomic E-state index is -0.240. The number of nitrogens with zero attached hydrogens (tertiary/aromatic N) is 2. The van der Waals surface area contributed by atoms with E-state index in [1.54, 1.807) is 7.05 Å². The zero-order valence-corrected chi connectivity index (χ0v) is 15.6. The first kappa shape index (κ1) is 19.8. The fourth-order valence-corrected chi connectivity index (χ4v) is 2.21. The Hall–Kier alpha value is -2.24. The maximum Gasteiger partial charge on any atom is 0.239 e. The molecule has 0 fully saturated rings. The number of guanidine groups is 1. The number of ether oxygens (including phenoxy) is 1. The Kier molecular flexibility index (Phi) is 7.55. The second-order valence-electron chi connectivity index (χ2n) is 6.63. The van der Waals surface area contributed by atoms with Crippen molar-refractivity contribution in [3.8, 4) is 5.75 Å². The molecule has 6 nitrogen and oxygen atoms in total. The number of benzene rings is 1. The van der Waals surface area contributed by atoms with Crippen LogP contribution < -0.4 is 15.4 Å². The third kappa shape index (κ3) is 7.35. The Balaban J connectivity index is 2.54. The number of carbonyl (C=O) groups is 1. The molecule has 0 aliphatic rings. The number of nitrogens with one attached hydrogen (secondary N) is 2. The summed E-state index contributed by atoms with van der Waals surface area (Å²) in [6.45, 7) is 9.37. The fourth-order valence-electron chi connectivity index (χ4n) is 2.21. The monoisotopic (exact) mass is 334 g/mol. The Labute approximate surface area is 145 Å². The summed E-state index contributed by atoms with van der Waals surface area (Å²) >= 11 is 0. The molecule has 0 aliphatic carbocycles. The third-order valence-corrected chi connectivity index (χ3v) is 3.15. The van der Waals surface area contributed by atoms with Gasteiger partial charge in [-0.25, -0.2) is 0 Å².